The van der Waals surface area contributed by atoms with E-state index < -0.39 is 0 Å². The van der Waals surface area contributed by atoms with Crippen LogP contribution in [0.1, 0.15) is 13.3 Å². The van der Waals surface area contributed by atoms with Crippen LogP contribution in [-0.4, -0.2) is 43.8 Å². The van der Waals surface area contributed by atoms with Crippen molar-refractivity contribution in [3.8, 4) is 0 Å². The second-order valence-corrected chi connectivity index (χ2v) is 3.48. The first kappa shape index (κ1) is 11.6. The van der Waals surface area contributed by atoms with Crippen molar-refractivity contribution in [3.05, 3.63) is 11.6 Å². The molecule has 0 aliphatic carbocycles. The van der Waals surface area contributed by atoms with E-state index in [1.807, 2.05) is 6.92 Å². The van der Waals surface area contributed by atoms with Gasteiger partial charge in [-0.2, -0.15) is 0 Å². The molecule has 1 saturated heterocycles. The molecule has 0 N–H and O–H groups in total. The second-order valence-electron chi connectivity index (χ2n) is 3.48. The number of carbonyl (C=O) groups excluding carboxylic acids is 2. The van der Waals surface area contributed by atoms with Gasteiger partial charge in [-0.25, -0.2) is 9.59 Å². The summed E-state index contributed by atoms with van der Waals surface area (Å²) in [5.74, 6) is -0.385. The van der Waals surface area contributed by atoms with E-state index in [4.69, 9.17) is 0 Å². The van der Waals surface area contributed by atoms with Crippen LogP contribution in [0.3, 0.4) is 0 Å². The maximum atomic E-state index is 11.3. The molecule has 1 rings (SSSR count). The van der Waals surface area contributed by atoms with Crippen LogP contribution in [0.15, 0.2) is 11.6 Å². The Morgan fingerprint density at radius 2 is 2.07 bits per heavy atom. The van der Waals surface area contributed by atoms with E-state index in [9.17, 15) is 9.59 Å². The number of nitrogens with zero attached hydrogens (tertiary/aromatic N) is 1. The Morgan fingerprint density at radius 3 is 2.60 bits per heavy atom. The summed E-state index contributed by atoms with van der Waals surface area (Å²) in [7, 11) is 2.67. The van der Waals surface area contributed by atoms with Crippen molar-refractivity contribution in [2.45, 2.75) is 19.4 Å². The zero-order valence-corrected chi connectivity index (χ0v) is 9.15. The molecule has 0 spiro atoms. The highest BCUT2D eigenvalue weighted by atomic mass is 16.5. The van der Waals surface area contributed by atoms with Gasteiger partial charge in [0, 0.05) is 18.7 Å². The van der Waals surface area contributed by atoms with Crippen LogP contribution < -0.4 is 0 Å². The molecule has 0 aromatic heterocycles. The fourth-order valence-electron chi connectivity index (χ4n) is 1.62. The largest absolute Gasteiger partial charge is 0.466 e. The van der Waals surface area contributed by atoms with E-state index >= 15 is 0 Å². The van der Waals surface area contributed by atoms with Gasteiger partial charge in [-0.05, 0) is 18.9 Å². The first-order chi connectivity index (χ1) is 7.08. The molecule has 5 nitrogen and oxygen atoms in total. The molecule has 15 heavy (non-hydrogen) atoms. The summed E-state index contributed by atoms with van der Waals surface area (Å²) in [6.07, 6.45) is 1.75. The molecular weight excluding hydrogens is 198 g/mol. The summed E-state index contributed by atoms with van der Waals surface area (Å²) in [6.45, 7) is 2.35. The third kappa shape index (κ3) is 2.71. The molecular formula is C10H15NO4. The lowest BCUT2D eigenvalue weighted by Crippen LogP contribution is -2.33. The highest BCUT2D eigenvalue weighted by molar-refractivity contribution is 5.83. The van der Waals surface area contributed by atoms with E-state index in [-0.39, 0.29) is 18.1 Å². The lowest BCUT2D eigenvalue weighted by atomic mass is 10.2. The summed E-state index contributed by atoms with van der Waals surface area (Å²) in [4.78, 5) is 23.9. The molecule has 5 heteroatoms. The van der Waals surface area contributed by atoms with Crippen LogP contribution in [0.5, 0.6) is 0 Å². The Bertz CT molecular complexity index is 298. The van der Waals surface area contributed by atoms with Gasteiger partial charge in [-0.3, -0.25) is 0 Å². The number of hydrogen-bond donors (Lipinski definition) is 0. The quantitative estimate of drug-likeness (QED) is 0.480. The molecule has 1 heterocycles. The van der Waals surface area contributed by atoms with Crippen molar-refractivity contribution in [2.24, 2.45) is 0 Å². The Kier molecular flexibility index (Phi) is 3.71. The molecule has 0 saturated carbocycles. The number of methoxy groups -OCH3 is 2. The molecule has 0 bridgehead atoms. The molecule has 0 aromatic carbocycles. The fourth-order valence-corrected chi connectivity index (χ4v) is 1.62. The lowest BCUT2D eigenvalue weighted by Gasteiger charge is -2.18. The zero-order valence-electron chi connectivity index (χ0n) is 9.15. The highest BCUT2D eigenvalue weighted by Crippen LogP contribution is 2.22. The minimum Gasteiger partial charge on any atom is -0.466 e. The van der Waals surface area contributed by atoms with Gasteiger partial charge in [0.25, 0.3) is 0 Å². The number of esters is 1. The van der Waals surface area contributed by atoms with Crippen LogP contribution in [0.4, 0.5) is 4.79 Å². The first-order valence-electron chi connectivity index (χ1n) is 4.70. The number of hydrogen-bond acceptors (Lipinski definition) is 4. The van der Waals surface area contributed by atoms with Gasteiger partial charge in [-0.15, -0.1) is 0 Å². The smallest absolute Gasteiger partial charge is 0.410 e. The van der Waals surface area contributed by atoms with Crippen molar-refractivity contribution in [1.29, 1.82) is 0 Å². The van der Waals surface area contributed by atoms with Crippen LogP contribution in [0.2, 0.25) is 0 Å². The minimum atomic E-state index is -0.385. The maximum absolute atomic E-state index is 11.3. The van der Waals surface area contributed by atoms with E-state index in [1.54, 1.807) is 4.90 Å². The topological polar surface area (TPSA) is 55.8 Å². The predicted octanol–water partition coefficient (Wildman–Crippen LogP) is 0.946. The summed E-state index contributed by atoms with van der Waals surface area (Å²) in [5, 5.41) is 0. The molecule has 1 unspecified atom stereocenters. The highest BCUT2D eigenvalue weighted by Gasteiger charge is 2.29. The summed E-state index contributed by atoms with van der Waals surface area (Å²) in [5.41, 5.74) is 0.889. The van der Waals surface area contributed by atoms with Gasteiger partial charge in [0.05, 0.1) is 14.2 Å². The number of carbonyl (C=O) groups is 2. The molecule has 1 amide bonds. The van der Waals surface area contributed by atoms with Crippen molar-refractivity contribution in [1.82, 2.24) is 4.90 Å². The molecule has 0 aromatic rings. The van der Waals surface area contributed by atoms with E-state index in [1.165, 1.54) is 20.3 Å². The average molecular weight is 213 g/mol. The van der Waals surface area contributed by atoms with Gasteiger partial charge < -0.3 is 14.4 Å². The minimum absolute atomic E-state index is 0.0633. The van der Waals surface area contributed by atoms with E-state index in [0.29, 0.717) is 13.0 Å². The summed E-state index contributed by atoms with van der Waals surface area (Å²) >= 11 is 0. The van der Waals surface area contributed by atoms with Crippen LogP contribution in [0.25, 0.3) is 0 Å². The molecule has 1 fully saturated rings. The Morgan fingerprint density at radius 1 is 1.40 bits per heavy atom. The number of likely N-dealkylation sites (tertiary alicyclic amines) is 1. The van der Waals surface area contributed by atoms with Crippen molar-refractivity contribution >= 4 is 12.1 Å². The third-order valence-corrected chi connectivity index (χ3v) is 2.40. The standard InChI is InChI=1S/C10H15NO4/c1-7-4-8(5-9(12)14-2)6-11(7)10(13)15-3/h5,7H,4,6H2,1-3H3/b8-5+. The summed E-state index contributed by atoms with van der Waals surface area (Å²) in [6, 6.07) is 0.0633. The molecule has 1 aliphatic rings. The average Bonchev–Trinajstić information content (AvgIpc) is 2.58. The van der Waals surface area contributed by atoms with Crippen LogP contribution >= 0.6 is 0 Å². The van der Waals surface area contributed by atoms with Crippen molar-refractivity contribution < 1.29 is 19.1 Å². The van der Waals surface area contributed by atoms with Gasteiger partial charge in [0.15, 0.2) is 0 Å². The third-order valence-electron chi connectivity index (χ3n) is 2.40. The normalized spacial score (nSPS) is 23.0. The van der Waals surface area contributed by atoms with Gasteiger partial charge in [0.2, 0.25) is 0 Å². The monoisotopic (exact) mass is 213 g/mol. The second kappa shape index (κ2) is 4.82. The Labute approximate surface area is 88.6 Å². The zero-order chi connectivity index (χ0) is 11.4. The van der Waals surface area contributed by atoms with Gasteiger partial charge in [-0.1, -0.05) is 0 Å². The molecule has 84 valence electrons. The lowest BCUT2D eigenvalue weighted by molar-refractivity contribution is -0.134. The molecule has 1 atom stereocenters. The SMILES string of the molecule is COC(=O)/C=C1\CC(C)N(C(=O)OC)C1. The van der Waals surface area contributed by atoms with Gasteiger partial charge >= 0.3 is 12.1 Å². The van der Waals surface area contributed by atoms with Crippen LogP contribution in [-0.2, 0) is 14.3 Å². The first-order valence-corrected chi connectivity index (χ1v) is 4.70. The van der Waals surface area contributed by atoms with Crippen molar-refractivity contribution in [2.75, 3.05) is 20.8 Å². The molecule has 0 radical (unpaired) electrons. The number of ether oxygens (including phenoxy) is 2. The maximum Gasteiger partial charge on any atom is 0.410 e. The molecule has 1 aliphatic heterocycles. The summed E-state index contributed by atoms with van der Waals surface area (Å²) < 4.78 is 9.15. The van der Waals surface area contributed by atoms with E-state index in [2.05, 4.69) is 9.47 Å². The van der Waals surface area contributed by atoms with Crippen molar-refractivity contribution in [3.63, 3.8) is 0 Å². The predicted molar refractivity (Wildman–Crippen MR) is 53.3 cm³/mol. The fraction of sp³-hybridized carbons (Fsp3) is 0.600. The number of amides is 1. The Hall–Kier alpha value is -1.52. The van der Waals surface area contributed by atoms with Crippen LogP contribution in [0, 0.1) is 0 Å². The van der Waals surface area contributed by atoms with Gasteiger partial charge in [0.1, 0.15) is 0 Å². The van der Waals surface area contributed by atoms with E-state index in [0.717, 1.165) is 5.57 Å². The number of rotatable bonds is 1. The Balaban J connectivity index is 2.67.